The minimum absolute atomic E-state index is 0.139. The number of anilines is 3. The highest BCUT2D eigenvalue weighted by atomic mass is 19.1. The van der Waals surface area contributed by atoms with E-state index in [9.17, 15) is 9.18 Å². The van der Waals surface area contributed by atoms with Crippen LogP contribution in [0, 0.1) is 0 Å². The number of aromatic nitrogens is 4. The number of piperidine rings is 1. The van der Waals surface area contributed by atoms with E-state index >= 15 is 0 Å². The molecule has 10 heteroatoms. The third-order valence-corrected chi connectivity index (χ3v) is 5.51. The van der Waals surface area contributed by atoms with Gasteiger partial charge in [0.05, 0.1) is 23.7 Å². The van der Waals surface area contributed by atoms with Crippen LogP contribution in [0.5, 0.6) is 0 Å². The van der Waals surface area contributed by atoms with Gasteiger partial charge in [-0.3, -0.25) is 4.79 Å². The van der Waals surface area contributed by atoms with Crippen molar-refractivity contribution in [1.29, 1.82) is 0 Å². The molecule has 0 aromatic carbocycles. The number of carbonyl (C=O) groups excluding carboxylic acids is 1. The Morgan fingerprint density at radius 3 is 2.84 bits per heavy atom. The van der Waals surface area contributed by atoms with E-state index in [0.29, 0.717) is 41.5 Å². The molecule has 0 saturated carbocycles. The molecule has 9 nitrogen and oxygen atoms in total. The van der Waals surface area contributed by atoms with Gasteiger partial charge in [0, 0.05) is 49.7 Å². The molecule has 4 heterocycles. The lowest BCUT2D eigenvalue weighted by Crippen LogP contribution is -2.46. The minimum Gasteiger partial charge on any atom is -0.378 e. The second-order valence-corrected chi connectivity index (χ2v) is 7.89. The molecule has 1 saturated heterocycles. The summed E-state index contributed by atoms with van der Waals surface area (Å²) in [6, 6.07) is 3.71. The number of alkyl halides is 1. The molecule has 0 radical (unpaired) electrons. The van der Waals surface area contributed by atoms with Crippen molar-refractivity contribution in [3.63, 3.8) is 0 Å². The van der Waals surface area contributed by atoms with Gasteiger partial charge in [0.25, 0.3) is 5.91 Å². The average Bonchev–Trinajstić information content (AvgIpc) is 3.13. The van der Waals surface area contributed by atoms with E-state index < -0.39 is 18.2 Å². The second kappa shape index (κ2) is 8.46. The van der Waals surface area contributed by atoms with E-state index in [4.69, 9.17) is 10.5 Å². The number of amides is 1. The van der Waals surface area contributed by atoms with Crippen molar-refractivity contribution < 1.29 is 13.9 Å². The van der Waals surface area contributed by atoms with Gasteiger partial charge in [0.1, 0.15) is 17.8 Å². The highest BCUT2D eigenvalue weighted by Crippen LogP contribution is 2.27. The molecule has 3 N–H and O–H groups in total. The summed E-state index contributed by atoms with van der Waals surface area (Å²) < 4.78 is 21.4. The quantitative estimate of drug-likeness (QED) is 0.622. The van der Waals surface area contributed by atoms with Crippen LogP contribution in [0.3, 0.4) is 0 Å². The molecule has 1 aliphatic heterocycles. The Hall–Kier alpha value is -3.27. The van der Waals surface area contributed by atoms with Crippen LogP contribution in [0.1, 0.15) is 36.7 Å². The van der Waals surface area contributed by atoms with Gasteiger partial charge >= 0.3 is 0 Å². The maximum Gasteiger partial charge on any atom is 0.250 e. The number of pyridine rings is 1. The molecule has 3 aromatic heterocycles. The Balaban J connectivity index is 1.59. The summed E-state index contributed by atoms with van der Waals surface area (Å²) >= 11 is 0. The summed E-state index contributed by atoms with van der Waals surface area (Å²) in [5.74, 6) is 1.06. The SMILES string of the molecule is CO[C@@H]1CCN(c2nccc(Nc3cc4c(cn3)c(C(N)=O)cn4C(C)C)n2)C[C@@H]1F. The van der Waals surface area contributed by atoms with Gasteiger partial charge in [-0.25, -0.2) is 14.4 Å². The number of hydrogen-bond acceptors (Lipinski definition) is 7. The Morgan fingerprint density at radius 1 is 1.35 bits per heavy atom. The summed E-state index contributed by atoms with van der Waals surface area (Å²) in [5.41, 5.74) is 6.80. The number of hydrogen-bond donors (Lipinski definition) is 2. The Labute approximate surface area is 179 Å². The predicted molar refractivity (Wildman–Crippen MR) is 116 cm³/mol. The second-order valence-electron chi connectivity index (χ2n) is 7.89. The number of carbonyl (C=O) groups is 1. The van der Waals surface area contributed by atoms with E-state index in [1.165, 1.54) is 7.11 Å². The van der Waals surface area contributed by atoms with Crippen LogP contribution in [-0.2, 0) is 4.74 Å². The van der Waals surface area contributed by atoms with Gasteiger partial charge < -0.3 is 25.3 Å². The fraction of sp³-hybridized carbons (Fsp3) is 0.429. The summed E-state index contributed by atoms with van der Waals surface area (Å²) in [4.78, 5) is 26.8. The number of fused-ring (bicyclic) bond motifs is 1. The topological polar surface area (TPSA) is 111 Å². The number of rotatable bonds is 6. The molecule has 3 aromatic rings. The summed E-state index contributed by atoms with van der Waals surface area (Å²) in [6.45, 7) is 4.85. The van der Waals surface area contributed by atoms with Crippen LogP contribution >= 0.6 is 0 Å². The van der Waals surface area contributed by atoms with Crippen LogP contribution < -0.4 is 16.0 Å². The summed E-state index contributed by atoms with van der Waals surface area (Å²) in [6.07, 6.45) is 4.10. The maximum atomic E-state index is 14.3. The third kappa shape index (κ3) is 4.15. The Morgan fingerprint density at radius 2 is 2.16 bits per heavy atom. The molecule has 2 atom stereocenters. The monoisotopic (exact) mass is 427 g/mol. The minimum atomic E-state index is -1.09. The Kier molecular flexibility index (Phi) is 5.73. The lowest BCUT2D eigenvalue weighted by atomic mass is 10.1. The smallest absolute Gasteiger partial charge is 0.250 e. The molecule has 0 aliphatic carbocycles. The van der Waals surface area contributed by atoms with E-state index in [0.717, 1.165) is 5.52 Å². The number of nitrogens with zero attached hydrogens (tertiary/aromatic N) is 5. The Bertz CT molecular complexity index is 1100. The van der Waals surface area contributed by atoms with Crippen LogP contribution in [0.15, 0.2) is 30.7 Å². The first-order valence-corrected chi connectivity index (χ1v) is 10.2. The molecule has 164 valence electrons. The molecule has 0 unspecified atom stereocenters. The standard InChI is InChI=1S/C21H26FN7O2/c1-12(2)29-10-14(20(23)30)13-9-25-19(8-16(13)29)26-18-4-6-24-21(27-18)28-7-5-17(31-3)15(22)11-28/h4,6,8-10,12,15,17H,5,7,11H2,1-3H3,(H2,23,30)(H,24,25,26,27)/t15-,17+/m0/s1. The number of methoxy groups -OCH3 is 1. The van der Waals surface area contributed by atoms with Gasteiger partial charge in [0.2, 0.25) is 5.95 Å². The predicted octanol–water partition coefficient (Wildman–Crippen LogP) is 2.81. The van der Waals surface area contributed by atoms with Crippen molar-refractivity contribution in [2.75, 3.05) is 30.4 Å². The van der Waals surface area contributed by atoms with Crippen molar-refractivity contribution in [3.05, 3.63) is 36.3 Å². The molecule has 1 fully saturated rings. The van der Waals surface area contributed by atoms with E-state index in [1.54, 1.807) is 24.7 Å². The van der Waals surface area contributed by atoms with Gasteiger partial charge in [-0.1, -0.05) is 0 Å². The van der Waals surface area contributed by atoms with Crippen LogP contribution in [-0.4, -0.2) is 57.9 Å². The van der Waals surface area contributed by atoms with E-state index in [1.807, 2.05) is 29.4 Å². The first-order chi connectivity index (χ1) is 14.9. The van der Waals surface area contributed by atoms with Crippen LogP contribution in [0.25, 0.3) is 10.9 Å². The molecular formula is C21H26FN7O2. The molecule has 0 spiro atoms. The number of nitrogens with two attached hydrogens (primary N) is 1. The number of ether oxygens (including phenoxy) is 1. The fourth-order valence-electron chi connectivity index (χ4n) is 3.87. The molecule has 4 rings (SSSR count). The highest BCUT2D eigenvalue weighted by molar-refractivity contribution is 6.06. The van der Waals surface area contributed by atoms with Crippen LogP contribution in [0.4, 0.5) is 22.0 Å². The van der Waals surface area contributed by atoms with E-state index in [2.05, 4.69) is 20.3 Å². The zero-order valence-electron chi connectivity index (χ0n) is 17.7. The highest BCUT2D eigenvalue weighted by Gasteiger charge is 2.30. The normalized spacial score (nSPS) is 19.2. The molecular weight excluding hydrogens is 401 g/mol. The van der Waals surface area contributed by atoms with Crippen molar-refractivity contribution in [3.8, 4) is 0 Å². The molecule has 31 heavy (non-hydrogen) atoms. The van der Waals surface area contributed by atoms with Crippen molar-refractivity contribution in [2.24, 2.45) is 5.73 Å². The number of halogens is 1. The zero-order valence-corrected chi connectivity index (χ0v) is 17.7. The van der Waals surface area contributed by atoms with Crippen LogP contribution in [0.2, 0.25) is 0 Å². The average molecular weight is 427 g/mol. The number of primary amides is 1. The lowest BCUT2D eigenvalue weighted by Gasteiger charge is -2.33. The maximum absolute atomic E-state index is 14.3. The largest absolute Gasteiger partial charge is 0.378 e. The lowest BCUT2D eigenvalue weighted by molar-refractivity contribution is 0.0194. The number of nitrogens with one attached hydrogen (secondary N) is 1. The first-order valence-electron chi connectivity index (χ1n) is 10.2. The molecule has 1 aliphatic rings. The zero-order chi connectivity index (χ0) is 22.1. The summed E-state index contributed by atoms with van der Waals surface area (Å²) in [5, 5.41) is 3.87. The van der Waals surface area contributed by atoms with Gasteiger partial charge in [0.15, 0.2) is 0 Å². The van der Waals surface area contributed by atoms with Gasteiger partial charge in [-0.2, -0.15) is 4.98 Å². The van der Waals surface area contributed by atoms with Crippen molar-refractivity contribution in [1.82, 2.24) is 19.5 Å². The van der Waals surface area contributed by atoms with Gasteiger partial charge in [-0.05, 0) is 26.3 Å². The van der Waals surface area contributed by atoms with E-state index in [-0.39, 0.29) is 12.6 Å². The summed E-state index contributed by atoms with van der Waals surface area (Å²) in [7, 11) is 1.53. The first kappa shape index (κ1) is 21.0. The van der Waals surface area contributed by atoms with Crippen molar-refractivity contribution >= 4 is 34.4 Å². The fourth-order valence-corrected chi connectivity index (χ4v) is 3.87. The van der Waals surface area contributed by atoms with Crippen molar-refractivity contribution in [2.45, 2.75) is 38.6 Å². The molecule has 0 bridgehead atoms. The van der Waals surface area contributed by atoms with Gasteiger partial charge in [-0.15, -0.1) is 0 Å². The third-order valence-electron chi connectivity index (χ3n) is 5.51. The molecule has 1 amide bonds.